The highest BCUT2D eigenvalue weighted by atomic mass is 16.4. The number of carboxylic acid groups (broad SMARTS) is 1. The number of nitrogens with zero attached hydrogens (tertiary/aromatic N) is 1. The molecule has 0 saturated heterocycles. The van der Waals surface area contributed by atoms with Gasteiger partial charge in [0.05, 0.1) is 0 Å². The van der Waals surface area contributed by atoms with Crippen molar-refractivity contribution in [2.45, 2.75) is 19.8 Å². The summed E-state index contributed by atoms with van der Waals surface area (Å²) in [4.78, 5) is 23.1. The fraction of sp³-hybridized carbons (Fsp3) is 0.455. The molecule has 5 nitrogen and oxygen atoms in total. The normalized spacial score (nSPS) is 10.1. The van der Waals surface area contributed by atoms with Gasteiger partial charge in [0.2, 0.25) is 5.91 Å². The zero-order valence-electron chi connectivity index (χ0n) is 9.40. The van der Waals surface area contributed by atoms with Crippen LogP contribution in [0.15, 0.2) is 16.5 Å². The molecule has 1 heterocycles. The molecule has 0 aliphatic heterocycles. The monoisotopic (exact) mass is 225 g/mol. The number of likely N-dealkylation sites (N-methyl/N-ethyl adjacent to an activating group) is 1. The van der Waals surface area contributed by atoms with Crippen LogP contribution in [0.3, 0.4) is 0 Å². The first-order chi connectivity index (χ1) is 7.49. The van der Waals surface area contributed by atoms with Crippen molar-refractivity contribution in [3.8, 4) is 0 Å². The van der Waals surface area contributed by atoms with Gasteiger partial charge in [-0.25, -0.2) is 0 Å². The number of carboxylic acids is 1. The Balaban J connectivity index is 2.37. The summed E-state index contributed by atoms with van der Waals surface area (Å²) >= 11 is 0. The largest absolute Gasteiger partial charge is 0.480 e. The Kier molecular flexibility index (Phi) is 4.10. The molecule has 1 aromatic heterocycles. The molecule has 0 aliphatic rings. The Morgan fingerprint density at radius 1 is 1.44 bits per heavy atom. The fourth-order valence-corrected chi connectivity index (χ4v) is 1.33. The topological polar surface area (TPSA) is 70.8 Å². The zero-order chi connectivity index (χ0) is 12.1. The smallest absolute Gasteiger partial charge is 0.323 e. The van der Waals surface area contributed by atoms with Gasteiger partial charge in [0, 0.05) is 19.9 Å². The lowest BCUT2D eigenvalue weighted by atomic mass is 10.2. The van der Waals surface area contributed by atoms with Gasteiger partial charge in [-0.2, -0.15) is 0 Å². The van der Waals surface area contributed by atoms with E-state index in [1.807, 2.05) is 19.1 Å². The van der Waals surface area contributed by atoms with Gasteiger partial charge >= 0.3 is 5.97 Å². The summed E-state index contributed by atoms with van der Waals surface area (Å²) in [7, 11) is 1.48. The van der Waals surface area contributed by atoms with Crippen LogP contribution in [0, 0.1) is 6.92 Å². The van der Waals surface area contributed by atoms with Crippen LogP contribution in [0.4, 0.5) is 0 Å². The van der Waals surface area contributed by atoms with Crippen molar-refractivity contribution in [2.75, 3.05) is 13.6 Å². The molecule has 0 fully saturated rings. The van der Waals surface area contributed by atoms with Crippen LogP contribution in [-0.4, -0.2) is 35.5 Å². The second-order valence-electron chi connectivity index (χ2n) is 3.66. The van der Waals surface area contributed by atoms with E-state index in [2.05, 4.69) is 0 Å². The lowest BCUT2D eigenvalue weighted by molar-refractivity contribution is -0.143. The molecule has 0 bridgehead atoms. The molecule has 0 saturated carbocycles. The summed E-state index contributed by atoms with van der Waals surface area (Å²) in [6.45, 7) is 1.57. The Labute approximate surface area is 93.7 Å². The van der Waals surface area contributed by atoms with Crippen LogP contribution in [-0.2, 0) is 16.0 Å². The highest BCUT2D eigenvalue weighted by Crippen LogP contribution is 2.09. The maximum Gasteiger partial charge on any atom is 0.323 e. The summed E-state index contributed by atoms with van der Waals surface area (Å²) in [5.41, 5.74) is 0. The van der Waals surface area contributed by atoms with Crippen molar-refractivity contribution in [1.29, 1.82) is 0 Å². The number of aryl methyl sites for hydroxylation is 2. The molecule has 1 aromatic rings. The van der Waals surface area contributed by atoms with E-state index in [-0.39, 0.29) is 18.9 Å². The van der Waals surface area contributed by atoms with Crippen LogP contribution >= 0.6 is 0 Å². The highest BCUT2D eigenvalue weighted by Gasteiger charge is 2.12. The molecule has 1 N–H and O–H groups in total. The maximum atomic E-state index is 11.5. The molecule has 0 unspecified atom stereocenters. The van der Waals surface area contributed by atoms with Gasteiger partial charge in [-0.05, 0) is 19.1 Å². The number of carbonyl (C=O) groups is 2. The van der Waals surface area contributed by atoms with Gasteiger partial charge in [0.1, 0.15) is 18.1 Å². The summed E-state index contributed by atoms with van der Waals surface area (Å²) < 4.78 is 5.31. The van der Waals surface area contributed by atoms with Crippen molar-refractivity contribution in [3.05, 3.63) is 23.7 Å². The van der Waals surface area contributed by atoms with E-state index >= 15 is 0 Å². The summed E-state index contributed by atoms with van der Waals surface area (Å²) in [6, 6.07) is 3.65. The first-order valence-electron chi connectivity index (χ1n) is 5.00. The van der Waals surface area contributed by atoms with Gasteiger partial charge in [-0.15, -0.1) is 0 Å². The second-order valence-corrected chi connectivity index (χ2v) is 3.66. The number of aliphatic carboxylic acids is 1. The van der Waals surface area contributed by atoms with E-state index < -0.39 is 5.97 Å². The van der Waals surface area contributed by atoms with Crippen LogP contribution in [0.2, 0.25) is 0 Å². The van der Waals surface area contributed by atoms with Gasteiger partial charge < -0.3 is 14.4 Å². The lowest BCUT2D eigenvalue weighted by Crippen LogP contribution is -2.32. The molecule has 0 aliphatic carbocycles. The van der Waals surface area contributed by atoms with Gasteiger partial charge in [-0.3, -0.25) is 9.59 Å². The molecule has 88 valence electrons. The molecule has 0 aromatic carbocycles. The molecule has 0 spiro atoms. The second kappa shape index (κ2) is 5.34. The third kappa shape index (κ3) is 3.76. The van der Waals surface area contributed by atoms with Crippen molar-refractivity contribution in [3.63, 3.8) is 0 Å². The minimum absolute atomic E-state index is 0.198. The first-order valence-corrected chi connectivity index (χ1v) is 5.00. The fourth-order valence-electron chi connectivity index (χ4n) is 1.33. The maximum absolute atomic E-state index is 11.5. The molecule has 0 radical (unpaired) electrons. The summed E-state index contributed by atoms with van der Waals surface area (Å²) in [6.07, 6.45) is 0.757. The minimum atomic E-state index is -1.01. The summed E-state index contributed by atoms with van der Waals surface area (Å²) in [5.74, 6) is 0.345. The number of rotatable bonds is 5. The number of hydrogen-bond donors (Lipinski definition) is 1. The van der Waals surface area contributed by atoms with Gasteiger partial charge in [0.25, 0.3) is 0 Å². The summed E-state index contributed by atoms with van der Waals surface area (Å²) in [5, 5.41) is 8.51. The molecule has 5 heteroatoms. The number of carbonyl (C=O) groups excluding carboxylic acids is 1. The Bertz CT molecular complexity index is 383. The number of hydrogen-bond acceptors (Lipinski definition) is 3. The van der Waals surface area contributed by atoms with Crippen LogP contribution in [0.5, 0.6) is 0 Å². The van der Waals surface area contributed by atoms with E-state index in [0.29, 0.717) is 6.42 Å². The molecule has 16 heavy (non-hydrogen) atoms. The molecule has 1 amide bonds. The van der Waals surface area contributed by atoms with Crippen LogP contribution in [0.25, 0.3) is 0 Å². The van der Waals surface area contributed by atoms with E-state index in [0.717, 1.165) is 11.5 Å². The van der Waals surface area contributed by atoms with E-state index in [4.69, 9.17) is 9.52 Å². The van der Waals surface area contributed by atoms with E-state index in [1.54, 1.807) is 0 Å². The highest BCUT2D eigenvalue weighted by molar-refractivity contribution is 5.81. The Morgan fingerprint density at radius 3 is 2.62 bits per heavy atom. The minimum Gasteiger partial charge on any atom is -0.480 e. The number of amides is 1. The Hall–Kier alpha value is -1.78. The van der Waals surface area contributed by atoms with Gasteiger partial charge in [-0.1, -0.05) is 0 Å². The third-order valence-electron chi connectivity index (χ3n) is 2.18. The van der Waals surface area contributed by atoms with Crippen molar-refractivity contribution in [1.82, 2.24) is 4.90 Å². The molecule has 0 atom stereocenters. The third-order valence-corrected chi connectivity index (χ3v) is 2.18. The SMILES string of the molecule is Cc1ccc(CCC(=O)N(C)CC(=O)O)o1. The predicted molar refractivity (Wildman–Crippen MR) is 57.0 cm³/mol. The number of furan rings is 1. The van der Waals surface area contributed by atoms with Crippen LogP contribution < -0.4 is 0 Å². The lowest BCUT2D eigenvalue weighted by Gasteiger charge is -2.13. The molecular formula is C11H15NO4. The average molecular weight is 225 g/mol. The zero-order valence-corrected chi connectivity index (χ0v) is 9.40. The van der Waals surface area contributed by atoms with Crippen LogP contribution in [0.1, 0.15) is 17.9 Å². The van der Waals surface area contributed by atoms with E-state index in [1.165, 1.54) is 11.9 Å². The van der Waals surface area contributed by atoms with Gasteiger partial charge in [0.15, 0.2) is 0 Å². The van der Waals surface area contributed by atoms with Crippen molar-refractivity contribution >= 4 is 11.9 Å². The standard InChI is InChI=1S/C11H15NO4/c1-8-3-4-9(16-8)5-6-10(13)12(2)7-11(14)15/h3-4H,5-7H2,1-2H3,(H,14,15). The van der Waals surface area contributed by atoms with Crippen molar-refractivity contribution < 1.29 is 19.1 Å². The van der Waals surface area contributed by atoms with Crippen molar-refractivity contribution in [2.24, 2.45) is 0 Å². The quantitative estimate of drug-likeness (QED) is 0.813. The molecular weight excluding hydrogens is 210 g/mol. The average Bonchev–Trinajstić information content (AvgIpc) is 2.59. The molecule has 1 rings (SSSR count). The predicted octanol–water partition coefficient (Wildman–Crippen LogP) is 1.06. The Morgan fingerprint density at radius 2 is 2.12 bits per heavy atom. The van der Waals surface area contributed by atoms with E-state index in [9.17, 15) is 9.59 Å². The first kappa shape index (κ1) is 12.3.